The van der Waals surface area contributed by atoms with Gasteiger partial charge in [0.05, 0.1) is 0 Å². The van der Waals surface area contributed by atoms with Crippen molar-refractivity contribution in [3.63, 3.8) is 0 Å². The highest BCUT2D eigenvalue weighted by molar-refractivity contribution is 7.89. The third-order valence-corrected chi connectivity index (χ3v) is 6.47. The number of nitrogens with one attached hydrogen (secondary N) is 1. The Morgan fingerprint density at radius 2 is 2.20 bits per heavy atom. The number of hydrogen-bond donors (Lipinski definition) is 2. The molecule has 110 valence electrons. The van der Waals surface area contributed by atoms with Crippen LogP contribution in [-0.4, -0.2) is 19.4 Å². The van der Waals surface area contributed by atoms with E-state index in [-0.39, 0.29) is 16.8 Å². The van der Waals surface area contributed by atoms with E-state index >= 15 is 0 Å². The number of nitrogens with two attached hydrogens (primary N) is 1. The molecular weight excluding hydrogens is 274 g/mol. The van der Waals surface area contributed by atoms with Gasteiger partial charge in [-0.25, -0.2) is 18.1 Å². The van der Waals surface area contributed by atoms with Gasteiger partial charge in [-0.1, -0.05) is 6.42 Å². The van der Waals surface area contributed by atoms with Gasteiger partial charge in [-0.2, -0.15) is 0 Å². The first-order valence-electron chi connectivity index (χ1n) is 7.20. The SMILES string of the molecule is CC(NS(=O)(=O)c1cccnc1N)C1CC2CCC1C2. The van der Waals surface area contributed by atoms with Crippen molar-refractivity contribution in [1.29, 1.82) is 0 Å². The molecule has 2 fully saturated rings. The molecule has 2 aliphatic carbocycles. The van der Waals surface area contributed by atoms with Crippen LogP contribution in [0.15, 0.2) is 23.2 Å². The number of nitrogen functional groups attached to an aromatic ring is 1. The second kappa shape index (κ2) is 5.00. The van der Waals surface area contributed by atoms with Gasteiger partial charge >= 0.3 is 0 Å². The van der Waals surface area contributed by atoms with Crippen LogP contribution >= 0.6 is 0 Å². The zero-order valence-electron chi connectivity index (χ0n) is 11.6. The molecule has 0 spiro atoms. The minimum absolute atomic E-state index is 0.0464. The van der Waals surface area contributed by atoms with Crippen LogP contribution in [0.4, 0.5) is 5.82 Å². The summed E-state index contributed by atoms with van der Waals surface area (Å²) in [5.74, 6) is 2.01. The highest BCUT2D eigenvalue weighted by Gasteiger charge is 2.42. The van der Waals surface area contributed by atoms with E-state index in [2.05, 4.69) is 9.71 Å². The molecule has 0 aliphatic heterocycles. The van der Waals surface area contributed by atoms with Crippen molar-refractivity contribution in [3.8, 4) is 0 Å². The van der Waals surface area contributed by atoms with Crippen LogP contribution in [0.5, 0.6) is 0 Å². The van der Waals surface area contributed by atoms with Crippen LogP contribution in [0.3, 0.4) is 0 Å². The van der Waals surface area contributed by atoms with Gasteiger partial charge in [0.2, 0.25) is 10.0 Å². The van der Waals surface area contributed by atoms with Crippen molar-refractivity contribution in [1.82, 2.24) is 9.71 Å². The molecule has 4 unspecified atom stereocenters. The van der Waals surface area contributed by atoms with Crippen molar-refractivity contribution in [2.45, 2.75) is 43.5 Å². The highest BCUT2D eigenvalue weighted by atomic mass is 32.2. The number of sulfonamides is 1. The second-order valence-corrected chi connectivity index (χ2v) is 7.82. The molecule has 0 radical (unpaired) electrons. The molecule has 2 bridgehead atoms. The van der Waals surface area contributed by atoms with Crippen LogP contribution in [0.25, 0.3) is 0 Å². The zero-order chi connectivity index (χ0) is 14.3. The molecule has 1 aromatic rings. The van der Waals surface area contributed by atoms with Crippen molar-refractivity contribution < 1.29 is 8.42 Å². The van der Waals surface area contributed by atoms with E-state index < -0.39 is 10.0 Å². The van der Waals surface area contributed by atoms with Gasteiger partial charge in [-0.3, -0.25) is 0 Å². The fourth-order valence-electron chi connectivity index (χ4n) is 3.93. The van der Waals surface area contributed by atoms with E-state index in [4.69, 9.17) is 5.73 Å². The minimum atomic E-state index is -3.58. The number of pyridine rings is 1. The number of nitrogens with zero attached hydrogens (tertiary/aromatic N) is 1. The highest BCUT2D eigenvalue weighted by Crippen LogP contribution is 2.49. The summed E-state index contributed by atoms with van der Waals surface area (Å²) >= 11 is 0. The van der Waals surface area contributed by atoms with Gasteiger partial charge in [-0.05, 0) is 56.1 Å². The van der Waals surface area contributed by atoms with Gasteiger partial charge in [0, 0.05) is 12.2 Å². The minimum Gasteiger partial charge on any atom is -0.383 e. The topological polar surface area (TPSA) is 85.1 Å². The van der Waals surface area contributed by atoms with Gasteiger partial charge in [0.1, 0.15) is 10.7 Å². The summed E-state index contributed by atoms with van der Waals surface area (Å²) in [6, 6.07) is 3.04. The third kappa shape index (κ3) is 2.42. The third-order valence-electron chi connectivity index (χ3n) is 4.87. The Labute approximate surface area is 120 Å². The summed E-state index contributed by atoms with van der Waals surface area (Å²) in [4.78, 5) is 3.93. The Morgan fingerprint density at radius 3 is 2.80 bits per heavy atom. The molecule has 1 aromatic heterocycles. The molecule has 2 saturated carbocycles. The molecule has 6 heteroatoms. The molecule has 3 rings (SSSR count). The van der Waals surface area contributed by atoms with Crippen molar-refractivity contribution in [2.75, 3.05) is 5.73 Å². The Hall–Kier alpha value is -1.14. The average Bonchev–Trinajstić information content (AvgIpc) is 3.00. The first-order chi connectivity index (χ1) is 9.47. The second-order valence-electron chi connectivity index (χ2n) is 6.14. The first-order valence-corrected chi connectivity index (χ1v) is 8.68. The zero-order valence-corrected chi connectivity index (χ0v) is 12.4. The van der Waals surface area contributed by atoms with Crippen LogP contribution in [0.1, 0.15) is 32.6 Å². The molecule has 2 aliphatic rings. The molecule has 0 saturated heterocycles. The number of fused-ring (bicyclic) bond motifs is 2. The largest absolute Gasteiger partial charge is 0.383 e. The van der Waals surface area contributed by atoms with Crippen LogP contribution in [-0.2, 0) is 10.0 Å². The summed E-state index contributed by atoms with van der Waals surface area (Å²) in [6.45, 7) is 1.97. The van der Waals surface area contributed by atoms with Crippen molar-refractivity contribution in [3.05, 3.63) is 18.3 Å². The Balaban J connectivity index is 1.75. The van der Waals surface area contributed by atoms with Crippen molar-refractivity contribution >= 4 is 15.8 Å². The maximum atomic E-state index is 12.4. The molecule has 20 heavy (non-hydrogen) atoms. The number of hydrogen-bond acceptors (Lipinski definition) is 4. The lowest BCUT2D eigenvalue weighted by Crippen LogP contribution is -2.40. The maximum absolute atomic E-state index is 12.4. The normalized spacial score (nSPS) is 30.6. The predicted molar refractivity (Wildman–Crippen MR) is 77.4 cm³/mol. The standard InChI is InChI=1S/C14H21N3O2S/c1-9(12-8-10-4-5-11(12)7-10)17-20(18,19)13-3-2-6-16-14(13)15/h2-3,6,9-12,17H,4-5,7-8H2,1H3,(H2,15,16). The lowest BCUT2D eigenvalue weighted by molar-refractivity contribution is 0.280. The monoisotopic (exact) mass is 295 g/mol. The molecule has 0 amide bonds. The van der Waals surface area contributed by atoms with E-state index in [0.29, 0.717) is 11.8 Å². The van der Waals surface area contributed by atoms with Gasteiger partial charge in [0.15, 0.2) is 0 Å². The molecule has 3 N–H and O–H groups in total. The van der Waals surface area contributed by atoms with E-state index in [0.717, 1.165) is 12.3 Å². The quantitative estimate of drug-likeness (QED) is 0.886. The molecule has 5 nitrogen and oxygen atoms in total. The number of aromatic nitrogens is 1. The molecule has 4 atom stereocenters. The van der Waals surface area contributed by atoms with Gasteiger partial charge < -0.3 is 5.73 Å². The summed E-state index contributed by atoms with van der Waals surface area (Å²) in [5, 5.41) is 0. The lowest BCUT2D eigenvalue weighted by Gasteiger charge is -2.28. The molecule has 0 aromatic carbocycles. The van der Waals surface area contributed by atoms with Gasteiger partial charge in [-0.15, -0.1) is 0 Å². The number of anilines is 1. The van der Waals surface area contributed by atoms with Crippen LogP contribution < -0.4 is 10.5 Å². The average molecular weight is 295 g/mol. The van der Waals surface area contributed by atoms with Crippen molar-refractivity contribution in [2.24, 2.45) is 17.8 Å². The fraction of sp³-hybridized carbons (Fsp3) is 0.643. The number of rotatable bonds is 4. The van der Waals surface area contributed by atoms with Gasteiger partial charge in [0.25, 0.3) is 0 Å². The van der Waals surface area contributed by atoms with E-state index in [1.165, 1.54) is 31.5 Å². The van der Waals surface area contributed by atoms with E-state index in [1.54, 1.807) is 6.07 Å². The Bertz CT molecular complexity index is 602. The summed E-state index contributed by atoms with van der Waals surface area (Å²) in [6.07, 6.45) is 6.48. The smallest absolute Gasteiger partial charge is 0.244 e. The predicted octanol–water partition coefficient (Wildman–Crippen LogP) is 1.77. The maximum Gasteiger partial charge on any atom is 0.244 e. The summed E-state index contributed by atoms with van der Waals surface area (Å²) in [7, 11) is -3.58. The van der Waals surface area contributed by atoms with Crippen LogP contribution in [0.2, 0.25) is 0 Å². The van der Waals surface area contributed by atoms with E-state index in [1.807, 2.05) is 6.92 Å². The Kier molecular flexibility index (Phi) is 3.46. The summed E-state index contributed by atoms with van der Waals surface area (Å²) in [5.41, 5.74) is 5.67. The molecule has 1 heterocycles. The fourth-order valence-corrected chi connectivity index (χ4v) is 5.31. The van der Waals surface area contributed by atoms with E-state index in [9.17, 15) is 8.42 Å². The first kappa shape index (κ1) is 13.8. The molecular formula is C14H21N3O2S. The van der Waals surface area contributed by atoms with Crippen LogP contribution in [0, 0.1) is 17.8 Å². The Morgan fingerprint density at radius 1 is 1.40 bits per heavy atom. The summed E-state index contributed by atoms with van der Waals surface area (Å²) < 4.78 is 27.6. The lowest BCUT2D eigenvalue weighted by atomic mass is 9.84.